The number of alkyl halides is 2. The highest BCUT2D eigenvalue weighted by molar-refractivity contribution is 5.97. The molecule has 150 valence electrons. The van der Waals surface area contributed by atoms with Crippen LogP contribution in [0.15, 0.2) is 24.4 Å². The quantitative estimate of drug-likeness (QED) is 0.784. The summed E-state index contributed by atoms with van der Waals surface area (Å²) < 4.78 is 47.3. The van der Waals surface area contributed by atoms with Crippen molar-refractivity contribution in [2.75, 3.05) is 7.11 Å². The molecule has 1 heterocycles. The van der Waals surface area contributed by atoms with Crippen molar-refractivity contribution < 1.29 is 32.2 Å². The molecule has 3 rings (SSSR count). The van der Waals surface area contributed by atoms with Gasteiger partial charge in [-0.05, 0) is 37.8 Å². The zero-order chi connectivity index (χ0) is 20.3. The van der Waals surface area contributed by atoms with E-state index in [1.54, 1.807) is 0 Å². The van der Waals surface area contributed by atoms with Gasteiger partial charge in [-0.1, -0.05) is 0 Å². The Labute approximate surface area is 159 Å². The number of esters is 1. The van der Waals surface area contributed by atoms with Crippen molar-refractivity contribution in [3.63, 3.8) is 0 Å². The first-order valence-corrected chi connectivity index (χ1v) is 8.80. The van der Waals surface area contributed by atoms with Gasteiger partial charge in [-0.3, -0.25) is 14.6 Å². The molecule has 1 saturated carbocycles. The molecule has 0 atom stereocenters. The average Bonchev–Trinajstić information content (AvgIpc) is 2.67. The number of aromatic nitrogens is 1. The van der Waals surface area contributed by atoms with Gasteiger partial charge in [-0.25, -0.2) is 4.39 Å². The minimum atomic E-state index is -3.15. The Morgan fingerprint density at radius 3 is 2.54 bits per heavy atom. The monoisotopic (exact) mass is 396 g/mol. The van der Waals surface area contributed by atoms with Gasteiger partial charge in [-0.15, -0.1) is 0 Å². The number of hydrogen-bond acceptors (Lipinski definition) is 5. The van der Waals surface area contributed by atoms with Gasteiger partial charge >= 0.3 is 12.6 Å². The number of carbonyl (C=O) groups is 2. The molecular formula is C19H19F3N2O4. The van der Waals surface area contributed by atoms with E-state index in [9.17, 15) is 22.8 Å². The molecule has 0 unspecified atom stereocenters. The van der Waals surface area contributed by atoms with Gasteiger partial charge in [-0.2, -0.15) is 8.78 Å². The fourth-order valence-corrected chi connectivity index (χ4v) is 3.35. The van der Waals surface area contributed by atoms with Crippen molar-refractivity contribution in [2.24, 2.45) is 5.92 Å². The molecule has 1 aromatic carbocycles. The summed E-state index contributed by atoms with van der Waals surface area (Å²) in [6.07, 6.45) is 3.85. The standard InChI is InChI=1S/C19H19F3N2O4/c1-27-18(26)10-2-4-13(5-3-10)24-17(25)12-6-11-7-14(20)16(28-19(21)22)8-15(11)23-9-12/h6-10,13,19H,2-5H2,1H3,(H,24,25)/t10-,13-. The Bertz CT molecular complexity index is 883. The number of hydrogen-bond donors (Lipinski definition) is 1. The molecule has 1 aromatic heterocycles. The molecule has 1 aliphatic carbocycles. The third-order valence-electron chi connectivity index (χ3n) is 4.81. The van der Waals surface area contributed by atoms with Crippen molar-refractivity contribution in [1.29, 1.82) is 0 Å². The van der Waals surface area contributed by atoms with Gasteiger partial charge in [0.15, 0.2) is 11.6 Å². The first-order valence-electron chi connectivity index (χ1n) is 8.80. The Morgan fingerprint density at radius 1 is 1.18 bits per heavy atom. The fraction of sp³-hybridized carbons (Fsp3) is 0.421. The van der Waals surface area contributed by atoms with E-state index in [0.29, 0.717) is 31.1 Å². The van der Waals surface area contributed by atoms with Crippen LogP contribution in [0.4, 0.5) is 13.2 Å². The van der Waals surface area contributed by atoms with Crippen molar-refractivity contribution >= 4 is 22.8 Å². The highest BCUT2D eigenvalue weighted by atomic mass is 19.3. The van der Waals surface area contributed by atoms with E-state index in [1.165, 1.54) is 19.4 Å². The number of amides is 1. The highest BCUT2D eigenvalue weighted by Gasteiger charge is 2.28. The molecule has 1 N–H and O–H groups in total. The smallest absolute Gasteiger partial charge is 0.387 e. The lowest BCUT2D eigenvalue weighted by Gasteiger charge is -2.27. The van der Waals surface area contributed by atoms with Gasteiger partial charge < -0.3 is 14.8 Å². The molecule has 1 fully saturated rings. The van der Waals surface area contributed by atoms with Crippen molar-refractivity contribution in [3.05, 3.63) is 35.8 Å². The summed E-state index contributed by atoms with van der Waals surface area (Å²) in [5.41, 5.74) is 0.455. The van der Waals surface area contributed by atoms with Crippen LogP contribution in [0.5, 0.6) is 5.75 Å². The maximum atomic E-state index is 13.9. The average molecular weight is 396 g/mol. The van der Waals surface area contributed by atoms with E-state index in [2.05, 4.69) is 15.0 Å². The maximum absolute atomic E-state index is 13.9. The van der Waals surface area contributed by atoms with Crippen LogP contribution in [-0.2, 0) is 9.53 Å². The lowest BCUT2D eigenvalue weighted by atomic mass is 9.86. The third-order valence-corrected chi connectivity index (χ3v) is 4.81. The molecule has 0 bridgehead atoms. The van der Waals surface area contributed by atoms with Crippen LogP contribution in [0.25, 0.3) is 10.9 Å². The molecular weight excluding hydrogens is 377 g/mol. The van der Waals surface area contributed by atoms with E-state index in [-0.39, 0.29) is 34.9 Å². The van der Waals surface area contributed by atoms with Crippen molar-refractivity contribution in [1.82, 2.24) is 10.3 Å². The Kier molecular flexibility index (Phi) is 6.01. The lowest BCUT2D eigenvalue weighted by Crippen LogP contribution is -2.38. The second-order valence-corrected chi connectivity index (χ2v) is 6.62. The topological polar surface area (TPSA) is 77.5 Å². The number of carbonyl (C=O) groups excluding carboxylic acids is 2. The van der Waals surface area contributed by atoms with E-state index in [1.807, 2.05) is 0 Å². The first kappa shape index (κ1) is 19.9. The largest absolute Gasteiger partial charge is 0.469 e. The summed E-state index contributed by atoms with van der Waals surface area (Å²) in [7, 11) is 1.36. The minimum absolute atomic E-state index is 0.0809. The summed E-state index contributed by atoms with van der Waals surface area (Å²) in [5, 5.41) is 3.17. The maximum Gasteiger partial charge on any atom is 0.387 e. The van der Waals surface area contributed by atoms with Gasteiger partial charge in [0.25, 0.3) is 5.91 Å². The van der Waals surface area contributed by atoms with Crippen LogP contribution in [0.1, 0.15) is 36.0 Å². The third kappa shape index (κ3) is 4.52. The summed E-state index contributed by atoms with van der Waals surface area (Å²) in [4.78, 5) is 28.1. The lowest BCUT2D eigenvalue weighted by molar-refractivity contribution is -0.146. The first-order chi connectivity index (χ1) is 13.4. The van der Waals surface area contributed by atoms with Gasteiger partial charge in [0, 0.05) is 23.7 Å². The van der Waals surface area contributed by atoms with Crippen molar-refractivity contribution in [3.8, 4) is 5.75 Å². The molecule has 0 radical (unpaired) electrons. The normalized spacial score (nSPS) is 19.5. The molecule has 9 heteroatoms. The molecule has 1 amide bonds. The van der Waals surface area contributed by atoms with Crippen LogP contribution in [0.3, 0.4) is 0 Å². The molecule has 6 nitrogen and oxygen atoms in total. The molecule has 28 heavy (non-hydrogen) atoms. The van der Waals surface area contributed by atoms with Gasteiger partial charge in [0.2, 0.25) is 0 Å². The second kappa shape index (κ2) is 8.45. The summed E-state index contributed by atoms with van der Waals surface area (Å²) in [5.74, 6) is -2.32. The summed E-state index contributed by atoms with van der Waals surface area (Å²) in [6.45, 7) is -3.15. The Morgan fingerprint density at radius 2 is 1.89 bits per heavy atom. The predicted molar refractivity (Wildman–Crippen MR) is 93.6 cm³/mol. The number of pyridine rings is 1. The fourth-order valence-electron chi connectivity index (χ4n) is 3.35. The molecule has 1 aliphatic rings. The molecule has 2 aromatic rings. The van der Waals surface area contributed by atoms with Gasteiger partial charge in [0.1, 0.15) is 0 Å². The van der Waals surface area contributed by atoms with Crippen LogP contribution in [-0.4, -0.2) is 36.6 Å². The number of benzene rings is 1. The molecule has 0 saturated heterocycles. The highest BCUT2D eigenvalue weighted by Crippen LogP contribution is 2.27. The summed E-state index contributed by atoms with van der Waals surface area (Å²) >= 11 is 0. The number of methoxy groups -OCH3 is 1. The van der Waals surface area contributed by atoms with Crippen LogP contribution < -0.4 is 10.1 Å². The Hall–Kier alpha value is -2.84. The number of nitrogens with zero attached hydrogens (tertiary/aromatic N) is 1. The van der Waals surface area contributed by atoms with E-state index in [0.717, 1.165) is 12.1 Å². The zero-order valence-corrected chi connectivity index (χ0v) is 15.1. The van der Waals surface area contributed by atoms with E-state index < -0.39 is 18.2 Å². The number of ether oxygens (including phenoxy) is 2. The van der Waals surface area contributed by atoms with Crippen LogP contribution >= 0.6 is 0 Å². The van der Waals surface area contributed by atoms with Gasteiger partial charge in [0.05, 0.1) is 24.1 Å². The van der Waals surface area contributed by atoms with E-state index >= 15 is 0 Å². The van der Waals surface area contributed by atoms with Crippen molar-refractivity contribution in [2.45, 2.75) is 38.3 Å². The number of halogens is 3. The minimum Gasteiger partial charge on any atom is -0.469 e. The number of nitrogens with one attached hydrogen (secondary N) is 1. The number of fused-ring (bicyclic) bond motifs is 1. The Balaban J connectivity index is 1.68. The molecule has 0 aliphatic heterocycles. The van der Waals surface area contributed by atoms with E-state index in [4.69, 9.17) is 4.74 Å². The summed E-state index contributed by atoms with van der Waals surface area (Å²) in [6, 6.07) is 3.42. The second-order valence-electron chi connectivity index (χ2n) is 6.62. The predicted octanol–water partition coefficient (Wildman–Crippen LogP) is 3.44. The molecule has 0 spiro atoms. The zero-order valence-electron chi connectivity index (χ0n) is 15.1. The van der Waals surface area contributed by atoms with Crippen LogP contribution in [0, 0.1) is 11.7 Å². The number of rotatable bonds is 5. The SMILES string of the molecule is COC(=O)[C@H]1CC[C@H](NC(=O)c2cnc3cc(OC(F)F)c(F)cc3c2)CC1. The van der Waals surface area contributed by atoms with Crippen LogP contribution in [0.2, 0.25) is 0 Å².